The van der Waals surface area contributed by atoms with Gasteiger partial charge < -0.3 is 9.47 Å². The van der Waals surface area contributed by atoms with Gasteiger partial charge in [0.2, 0.25) is 0 Å². The highest BCUT2D eigenvalue weighted by Crippen LogP contribution is 2.22. The Morgan fingerprint density at radius 2 is 1.69 bits per heavy atom. The van der Waals surface area contributed by atoms with Crippen molar-refractivity contribution >= 4 is 17.3 Å². The molecule has 0 N–H and O–H groups in total. The molecular formula is C23H25N3O3. The number of ether oxygens (including phenoxy) is 2. The number of nitrogens with zero attached hydrogens (tertiary/aromatic N) is 3. The Morgan fingerprint density at radius 1 is 1.00 bits per heavy atom. The second-order valence-corrected chi connectivity index (χ2v) is 6.53. The molecular weight excluding hydrogens is 366 g/mol. The molecule has 2 aromatic rings. The predicted molar refractivity (Wildman–Crippen MR) is 112 cm³/mol. The van der Waals surface area contributed by atoms with E-state index in [-0.39, 0.29) is 5.97 Å². The van der Waals surface area contributed by atoms with Crippen molar-refractivity contribution in [3.05, 3.63) is 66.2 Å². The average Bonchev–Trinajstić information content (AvgIpc) is 2.74. The Kier molecular flexibility index (Phi) is 9.10. The zero-order chi connectivity index (χ0) is 20.9. The zero-order valence-electron chi connectivity index (χ0n) is 16.6. The Hall–Kier alpha value is -3.46. The van der Waals surface area contributed by atoms with Crippen molar-refractivity contribution in [1.82, 2.24) is 0 Å². The van der Waals surface area contributed by atoms with Crippen LogP contribution in [0.25, 0.3) is 0 Å². The van der Waals surface area contributed by atoms with E-state index in [1.807, 2.05) is 24.3 Å². The third-order valence-electron chi connectivity index (χ3n) is 3.98. The first-order chi connectivity index (χ1) is 14.1. The van der Waals surface area contributed by atoms with Crippen molar-refractivity contribution in [2.75, 3.05) is 13.2 Å². The fourth-order valence-electron chi connectivity index (χ4n) is 2.40. The summed E-state index contributed by atoms with van der Waals surface area (Å²) in [6.07, 6.45) is 3.78. The molecule has 0 amide bonds. The summed E-state index contributed by atoms with van der Waals surface area (Å²) in [5.74, 6) is 0.456. The number of carbonyl (C=O) groups is 1. The molecule has 0 unspecified atom stereocenters. The summed E-state index contributed by atoms with van der Waals surface area (Å²) in [5.41, 5.74) is 2.33. The molecule has 6 heteroatoms. The van der Waals surface area contributed by atoms with Crippen LogP contribution in [0.3, 0.4) is 0 Å². The topological polar surface area (TPSA) is 84.0 Å². The molecule has 29 heavy (non-hydrogen) atoms. The first kappa shape index (κ1) is 21.8. The van der Waals surface area contributed by atoms with E-state index >= 15 is 0 Å². The fraction of sp³-hybridized carbons (Fsp3) is 0.304. The van der Waals surface area contributed by atoms with Gasteiger partial charge in [-0.25, -0.2) is 4.79 Å². The number of hydrogen-bond donors (Lipinski definition) is 0. The van der Waals surface area contributed by atoms with Crippen LogP contribution >= 0.6 is 0 Å². The van der Waals surface area contributed by atoms with Crippen molar-refractivity contribution in [2.45, 2.75) is 32.6 Å². The lowest BCUT2D eigenvalue weighted by Gasteiger charge is -2.07. The summed E-state index contributed by atoms with van der Waals surface area (Å²) in [5, 5.41) is 17.2. The number of nitriles is 1. The van der Waals surface area contributed by atoms with Crippen LogP contribution in [-0.4, -0.2) is 19.2 Å². The summed E-state index contributed by atoms with van der Waals surface area (Å²) in [7, 11) is 0. The smallest absolute Gasteiger partial charge is 0.333 e. The third-order valence-corrected chi connectivity index (χ3v) is 3.98. The minimum atomic E-state index is -0.327. The molecule has 6 nitrogen and oxygen atoms in total. The Balaban J connectivity index is 1.64. The molecule has 0 spiro atoms. The molecule has 0 fully saturated rings. The van der Waals surface area contributed by atoms with E-state index in [1.165, 1.54) is 0 Å². The third kappa shape index (κ3) is 8.39. The van der Waals surface area contributed by atoms with E-state index in [0.29, 0.717) is 35.7 Å². The summed E-state index contributed by atoms with van der Waals surface area (Å²) in [6, 6.07) is 16.5. The standard InChI is InChI=1S/C23H25N3O3/c1-18(2)23(27)29-15-6-4-3-5-14-28-22-12-10-20(11-13-22)25-26-21-9-7-8-19(16-21)17-24/h7-13,16H,1,3-6,14-15H2,2H3. The maximum atomic E-state index is 11.2. The molecule has 150 valence electrons. The lowest BCUT2D eigenvalue weighted by atomic mass is 10.2. The highest BCUT2D eigenvalue weighted by atomic mass is 16.5. The average molecular weight is 391 g/mol. The number of benzene rings is 2. The van der Waals surface area contributed by atoms with E-state index in [9.17, 15) is 4.79 Å². The minimum Gasteiger partial charge on any atom is -0.494 e. The van der Waals surface area contributed by atoms with Gasteiger partial charge in [-0.3, -0.25) is 0 Å². The quantitative estimate of drug-likeness (QED) is 0.202. The normalized spacial score (nSPS) is 10.5. The summed E-state index contributed by atoms with van der Waals surface area (Å²) < 4.78 is 10.8. The first-order valence-corrected chi connectivity index (χ1v) is 9.56. The van der Waals surface area contributed by atoms with Crippen LogP contribution in [0.1, 0.15) is 38.2 Å². The maximum absolute atomic E-state index is 11.2. The summed E-state index contributed by atoms with van der Waals surface area (Å²) in [6.45, 7) is 6.26. The predicted octanol–water partition coefficient (Wildman–Crippen LogP) is 6.03. The van der Waals surface area contributed by atoms with E-state index in [1.54, 1.807) is 31.2 Å². The largest absolute Gasteiger partial charge is 0.494 e. The molecule has 0 aliphatic heterocycles. The van der Waals surface area contributed by atoms with Crippen LogP contribution in [-0.2, 0) is 9.53 Å². The van der Waals surface area contributed by atoms with Crippen LogP contribution < -0.4 is 4.74 Å². The number of unbranched alkanes of at least 4 members (excludes halogenated alkanes) is 3. The van der Waals surface area contributed by atoms with Crippen LogP contribution in [0.5, 0.6) is 5.75 Å². The Labute approximate surface area is 171 Å². The van der Waals surface area contributed by atoms with Gasteiger partial charge in [0, 0.05) is 5.57 Å². The van der Waals surface area contributed by atoms with Gasteiger partial charge in [-0.05, 0) is 75.1 Å². The molecule has 0 aliphatic carbocycles. The summed E-state index contributed by atoms with van der Waals surface area (Å²) >= 11 is 0. The monoisotopic (exact) mass is 391 g/mol. The van der Waals surface area contributed by atoms with Crippen molar-refractivity contribution < 1.29 is 14.3 Å². The van der Waals surface area contributed by atoms with Gasteiger partial charge in [-0.1, -0.05) is 12.6 Å². The molecule has 0 radical (unpaired) electrons. The Bertz CT molecular complexity index is 883. The van der Waals surface area contributed by atoms with Gasteiger partial charge in [-0.2, -0.15) is 15.5 Å². The van der Waals surface area contributed by atoms with Gasteiger partial charge in [0.05, 0.1) is 36.2 Å². The second kappa shape index (κ2) is 12.1. The van der Waals surface area contributed by atoms with Gasteiger partial charge in [0.25, 0.3) is 0 Å². The number of azo groups is 1. The molecule has 0 saturated carbocycles. The lowest BCUT2D eigenvalue weighted by molar-refractivity contribution is -0.139. The van der Waals surface area contributed by atoms with Crippen molar-refractivity contribution in [3.63, 3.8) is 0 Å². The van der Waals surface area contributed by atoms with E-state index < -0.39 is 0 Å². The lowest BCUT2D eigenvalue weighted by Crippen LogP contribution is -2.06. The number of esters is 1. The number of carbonyl (C=O) groups excluding carboxylic acids is 1. The van der Waals surface area contributed by atoms with Gasteiger partial charge in [0.1, 0.15) is 5.75 Å². The summed E-state index contributed by atoms with van der Waals surface area (Å²) in [4.78, 5) is 11.2. The number of hydrogen-bond acceptors (Lipinski definition) is 6. The maximum Gasteiger partial charge on any atom is 0.333 e. The van der Waals surface area contributed by atoms with E-state index in [0.717, 1.165) is 31.4 Å². The molecule has 0 saturated heterocycles. The van der Waals surface area contributed by atoms with Crippen molar-refractivity contribution in [1.29, 1.82) is 5.26 Å². The van der Waals surface area contributed by atoms with Crippen molar-refractivity contribution in [2.24, 2.45) is 10.2 Å². The molecule has 2 aromatic carbocycles. The van der Waals surface area contributed by atoms with Crippen LogP contribution in [0.4, 0.5) is 11.4 Å². The van der Waals surface area contributed by atoms with Crippen LogP contribution in [0.2, 0.25) is 0 Å². The number of rotatable bonds is 11. The van der Waals surface area contributed by atoms with Gasteiger partial charge in [0.15, 0.2) is 0 Å². The minimum absolute atomic E-state index is 0.327. The van der Waals surface area contributed by atoms with Crippen molar-refractivity contribution in [3.8, 4) is 11.8 Å². The van der Waals surface area contributed by atoms with E-state index in [4.69, 9.17) is 14.7 Å². The molecule has 0 bridgehead atoms. The molecule has 0 aliphatic rings. The van der Waals surface area contributed by atoms with Gasteiger partial charge >= 0.3 is 5.97 Å². The highest BCUT2D eigenvalue weighted by Gasteiger charge is 2.02. The zero-order valence-corrected chi connectivity index (χ0v) is 16.6. The molecule has 0 heterocycles. The van der Waals surface area contributed by atoms with Crippen LogP contribution in [0, 0.1) is 11.3 Å². The SMILES string of the molecule is C=C(C)C(=O)OCCCCCCOc1ccc(N=Nc2cccc(C#N)c2)cc1. The molecule has 2 rings (SSSR count). The van der Waals surface area contributed by atoms with Crippen LogP contribution in [0.15, 0.2) is 70.9 Å². The second-order valence-electron chi connectivity index (χ2n) is 6.53. The fourth-order valence-corrected chi connectivity index (χ4v) is 2.40. The van der Waals surface area contributed by atoms with E-state index in [2.05, 4.69) is 22.9 Å². The van der Waals surface area contributed by atoms with Gasteiger partial charge in [-0.15, -0.1) is 0 Å². The first-order valence-electron chi connectivity index (χ1n) is 9.56. The molecule has 0 atom stereocenters. The molecule has 0 aromatic heterocycles. The highest BCUT2D eigenvalue weighted by molar-refractivity contribution is 5.86. The Morgan fingerprint density at radius 3 is 2.38 bits per heavy atom.